The second kappa shape index (κ2) is 59.9. The first-order valence-electron chi connectivity index (χ1n) is 34.2. The molecule has 0 aromatic heterocycles. The van der Waals surface area contributed by atoms with Crippen molar-refractivity contribution in [3.05, 3.63) is 97.2 Å². The summed E-state index contributed by atoms with van der Waals surface area (Å²) in [6.07, 6.45) is 67.8. The lowest BCUT2D eigenvalue weighted by molar-refractivity contribution is -0.301. The van der Waals surface area contributed by atoms with E-state index in [1.54, 1.807) is 0 Å². The number of ether oxygens (including phenoxy) is 5. The van der Waals surface area contributed by atoms with Crippen molar-refractivity contribution in [1.29, 1.82) is 0 Å². The Morgan fingerprint density at radius 2 is 0.741 bits per heavy atom. The molecule has 0 radical (unpaired) electrons. The van der Waals surface area contributed by atoms with Gasteiger partial charge in [-0.2, -0.15) is 0 Å². The van der Waals surface area contributed by atoms with Gasteiger partial charge in [-0.1, -0.05) is 246 Å². The van der Waals surface area contributed by atoms with E-state index >= 15 is 0 Å². The van der Waals surface area contributed by atoms with Gasteiger partial charge < -0.3 is 39.0 Å². The van der Waals surface area contributed by atoms with Gasteiger partial charge >= 0.3 is 23.9 Å². The summed E-state index contributed by atoms with van der Waals surface area (Å²) in [6, 6.07) is 0. The molecule has 1 saturated heterocycles. The number of allylic oxidation sites excluding steroid dienone is 16. The Kier molecular flexibility index (Phi) is 55.5. The monoisotopic (exact) mass is 1190 g/mol. The van der Waals surface area contributed by atoms with E-state index in [0.29, 0.717) is 19.3 Å². The number of unbranched alkanes of at least 4 members (excludes halogenated alkanes) is 28. The molecular weight excluding hydrogens is 1070 g/mol. The molecule has 0 amide bonds. The molecule has 1 aliphatic heterocycles. The highest BCUT2D eigenvalue weighted by molar-refractivity contribution is 5.74. The highest BCUT2D eigenvalue weighted by Gasteiger charge is 2.50. The molecular formula is C73H122O12. The van der Waals surface area contributed by atoms with Gasteiger partial charge in [0.25, 0.3) is 0 Å². The first kappa shape index (κ1) is 78.7. The second-order valence-corrected chi connectivity index (χ2v) is 23.1. The summed E-state index contributed by atoms with van der Waals surface area (Å²) < 4.78 is 28.6. The minimum Gasteiger partial charge on any atom is -0.479 e. The van der Waals surface area contributed by atoms with Gasteiger partial charge in [0.1, 0.15) is 18.8 Å². The standard InChI is InChI=1S/C73H122O12/c1-4-7-10-13-16-19-22-25-28-31-33-36-38-41-44-47-50-53-56-59-65(74)81-62-64(83-66(75)60-57-54-51-48-45-42-40-37-34-32-29-26-23-20-17-14-11-8-5-2)63-82-73-71(69(78)68(77)70(85-73)72(79)80)84-67(76)61-58-55-52-49-46-43-39-35-30-27-24-21-18-15-12-9-6-3/h9,12,16,18-19,21,25-30,33,36,39,43,64,68-71,73,77-78H,4-8,10-11,13-15,17,20,22-24,31-32,34-35,37-38,40-42,44-63H2,1-3H3,(H,79,80)/b12-9-,19-16-,21-18-,28-25-,29-26-,30-27-,36-33-,43-39-. The predicted octanol–water partition coefficient (Wildman–Crippen LogP) is 18.8. The summed E-state index contributed by atoms with van der Waals surface area (Å²) in [4.78, 5) is 51.4. The minimum atomic E-state index is -1.92. The number of aliphatic carboxylic acids is 1. The molecule has 6 unspecified atom stereocenters. The third-order valence-electron chi connectivity index (χ3n) is 15.1. The van der Waals surface area contributed by atoms with Crippen molar-refractivity contribution in [2.75, 3.05) is 13.2 Å². The number of carboxylic acid groups (broad SMARTS) is 1. The van der Waals surface area contributed by atoms with Crippen molar-refractivity contribution in [2.45, 2.75) is 327 Å². The SMILES string of the molecule is CC/C=C\C/C=C\C/C=C\C/C=C\CCCCCCC(=O)OC1C(OCC(COC(=O)CCCCCCCC/C=C\C/C=C\C/C=C\CCCCC)OC(=O)CCCCCCCCCCC/C=C\CCCCCCCC)OC(C(=O)O)C(O)C1O. The number of hydrogen-bond donors (Lipinski definition) is 3. The molecule has 0 aliphatic carbocycles. The lowest BCUT2D eigenvalue weighted by Crippen LogP contribution is -2.61. The van der Waals surface area contributed by atoms with E-state index in [9.17, 15) is 34.5 Å². The van der Waals surface area contributed by atoms with Crippen molar-refractivity contribution in [2.24, 2.45) is 0 Å². The molecule has 0 aromatic rings. The van der Waals surface area contributed by atoms with E-state index in [1.807, 2.05) is 0 Å². The van der Waals surface area contributed by atoms with Crippen LogP contribution in [0.3, 0.4) is 0 Å². The van der Waals surface area contributed by atoms with Crippen LogP contribution in [0.4, 0.5) is 0 Å². The van der Waals surface area contributed by atoms with Crippen LogP contribution < -0.4 is 0 Å². The van der Waals surface area contributed by atoms with E-state index in [1.165, 1.54) is 103 Å². The molecule has 0 spiro atoms. The van der Waals surface area contributed by atoms with Crippen LogP contribution in [0.25, 0.3) is 0 Å². The molecule has 0 bridgehead atoms. The fraction of sp³-hybridized carbons (Fsp3) is 0.726. The van der Waals surface area contributed by atoms with Crippen molar-refractivity contribution in [3.63, 3.8) is 0 Å². The van der Waals surface area contributed by atoms with Gasteiger partial charge in [-0.05, 0) is 122 Å². The van der Waals surface area contributed by atoms with Crippen LogP contribution in [-0.4, -0.2) is 89.2 Å². The van der Waals surface area contributed by atoms with Crippen LogP contribution in [0.1, 0.15) is 290 Å². The fourth-order valence-electron chi connectivity index (χ4n) is 9.89. The Labute approximate surface area is 517 Å². The predicted molar refractivity (Wildman–Crippen MR) is 349 cm³/mol. The number of aliphatic hydroxyl groups excluding tert-OH is 2. The van der Waals surface area contributed by atoms with Crippen LogP contribution in [-0.2, 0) is 42.9 Å². The van der Waals surface area contributed by atoms with Gasteiger partial charge in [0.05, 0.1) is 6.61 Å². The summed E-state index contributed by atoms with van der Waals surface area (Å²) in [6.45, 7) is 5.86. The fourth-order valence-corrected chi connectivity index (χ4v) is 9.89. The summed E-state index contributed by atoms with van der Waals surface area (Å²) in [7, 11) is 0. The Morgan fingerprint density at radius 3 is 1.16 bits per heavy atom. The van der Waals surface area contributed by atoms with Gasteiger partial charge in [0, 0.05) is 19.3 Å². The number of carboxylic acids is 1. The summed E-state index contributed by atoms with van der Waals surface area (Å²) in [5.41, 5.74) is 0. The number of carbonyl (C=O) groups is 4. The molecule has 0 aromatic carbocycles. The molecule has 1 fully saturated rings. The third-order valence-corrected chi connectivity index (χ3v) is 15.1. The van der Waals surface area contributed by atoms with Crippen molar-refractivity contribution < 1.29 is 58.2 Å². The molecule has 486 valence electrons. The van der Waals surface area contributed by atoms with Crippen molar-refractivity contribution in [1.82, 2.24) is 0 Å². The van der Waals surface area contributed by atoms with Gasteiger partial charge in [-0.25, -0.2) is 4.79 Å². The number of hydrogen-bond acceptors (Lipinski definition) is 11. The Balaban J connectivity index is 2.67. The van der Waals surface area contributed by atoms with Crippen LogP contribution in [0.5, 0.6) is 0 Å². The van der Waals surface area contributed by atoms with Crippen molar-refractivity contribution >= 4 is 23.9 Å². The quantitative estimate of drug-likeness (QED) is 0.0228. The molecule has 3 N–H and O–H groups in total. The summed E-state index contributed by atoms with van der Waals surface area (Å²) in [5.74, 6) is -3.16. The Morgan fingerprint density at radius 1 is 0.400 bits per heavy atom. The summed E-state index contributed by atoms with van der Waals surface area (Å²) >= 11 is 0. The molecule has 12 nitrogen and oxygen atoms in total. The minimum absolute atomic E-state index is 0.0277. The van der Waals surface area contributed by atoms with Gasteiger partial charge in [0.15, 0.2) is 24.6 Å². The lowest BCUT2D eigenvalue weighted by Gasteiger charge is -2.40. The first-order valence-corrected chi connectivity index (χ1v) is 34.2. The molecule has 12 heteroatoms. The summed E-state index contributed by atoms with van der Waals surface area (Å²) in [5, 5.41) is 31.6. The zero-order valence-corrected chi connectivity index (χ0v) is 53.8. The zero-order valence-electron chi connectivity index (χ0n) is 53.8. The van der Waals surface area contributed by atoms with E-state index in [2.05, 4.69) is 118 Å². The van der Waals surface area contributed by atoms with Gasteiger partial charge in [-0.15, -0.1) is 0 Å². The number of aliphatic hydroxyl groups is 2. The molecule has 0 saturated carbocycles. The zero-order chi connectivity index (χ0) is 61.7. The van der Waals surface area contributed by atoms with E-state index in [4.69, 9.17) is 23.7 Å². The molecule has 85 heavy (non-hydrogen) atoms. The smallest absolute Gasteiger partial charge is 0.335 e. The highest BCUT2D eigenvalue weighted by Crippen LogP contribution is 2.27. The van der Waals surface area contributed by atoms with E-state index in [-0.39, 0.29) is 25.9 Å². The number of esters is 3. The van der Waals surface area contributed by atoms with Crippen molar-refractivity contribution in [3.8, 4) is 0 Å². The number of carbonyl (C=O) groups excluding carboxylic acids is 3. The molecule has 1 aliphatic rings. The molecule has 6 atom stereocenters. The largest absolute Gasteiger partial charge is 0.479 e. The average Bonchev–Trinajstić information content (AvgIpc) is 2.83. The maximum absolute atomic E-state index is 13.2. The second-order valence-electron chi connectivity index (χ2n) is 23.1. The van der Waals surface area contributed by atoms with E-state index < -0.39 is 67.3 Å². The molecule has 1 heterocycles. The highest BCUT2D eigenvalue weighted by atomic mass is 16.7. The molecule has 1 rings (SSSR count). The Bertz CT molecular complexity index is 1840. The average molecular weight is 1190 g/mol. The third kappa shape index (κ3) is 49.3. The van der Waals surface area contributed by atoms with Crippen LogP contribution >= 0.6 is 0 Å². The van der Waals surface area contributed by atoms with Crippen LogP contribution in [0, 0.1) is 0 Å². The van der Waals surface area contributed by atoms with E-state index in [0.717, 1.165) is 128 Å². The maximum Gasteiger partial charge on any atom is 0.335 e. The lowest BCUT2D eigenvalue weighted by atomic mass is 9.98. The number of rotatable bonds is 58. The Hall–Kier alpha value is -4.36. The first-order chi connectivity index (χ1) is 41.6. The normalized spacial score (nSPS) is 18.1. The maximum atomic E-state index is 13.2. The van der Waals surface area contributed by atoms with Gasteiger partial charge in [-0.3, -0.25) is 14.4 Å². The van der Waals surface area contributed by atoms with Gasteiger partial charge in [0.2, 0.25) is 0 Å². The van der Waals surface area contributed by atoms with Crippen LogP contribution in [0.2, 0.25) is 0 Å². The van der Waals surface area contributed by atoms with Crippen LogP contribution in [0.15, 0.2) is 97.2 Å². The topological polar surface area (TPSA) is 175 Å².